The maximum absolute atomic E-state index is 13.0. The van der Waals surface area contributed by atoms with E-state index in [0.29, 0.717) is 39.1 Å². The van der Waals surface area contributed by atoms with Crippen molar-refractivity contribution < 1.29 is 22.8 Å². The Balaban J connectivity index is 1.53. The van der Waals surface area contributed by atoms with Crippen LogP contribution in [0.4, 0.5) is 18.9 Å². The van der Waals surface area contributed by atoms with E-state index < -0.39 is 34.5 Å². The molecule has 2 heterocycles. The predicted octanol–water partition coefficient (Wildman–Crippen LogP) is 2.98. The van der Waals surface area contributed by atoms with Gasteiger partial charge in [-0.3, -0.25) is 9.59 Å². The van der Waals surface area contributed by atoms with Crippen molar-refractivity contribution in [1.82, 2.24) is 15.1 Å². The number of likely N-dealkylation sites (tertiary alicyclic amines) is 1. The van der Waals surface area contributed by atoms with Crippen molar-refractivity contribution in [2.24, 2.45) is 11.8 Å². The summed E-state index contributed by atoms with van der Waals surface area (Å²) in [7, 11) is 0. The van der Waals surface area contributed by atoms with Crippen LogP contribution in [0.2, 0.25) is 0 Å². The largest absolute Gasteiger partial charge is 0.391 e. The van der Waals surface area contributed by atoms with E-state index in [-0.39, 0.29) is 25.3 Å². The number of piperidine rings is 1. The number of halogens is 3. The monoisotopic (exact) mass is 536 g/mol. The highest BCUT2D eigenvalue weighted by atomic mass is 32.2. The first kappa shape index (κ1) is 28.6. The van der Waals surface area contributed by atoms with E-state index in [2.05, 4.69) is 15.5 Å². The third kappa shape index (κ3) is 7.53. The lowest BCUT2D eigenvalue weighted by atomic mass is 9.96. The Morgan fingerprint density at radius 3 is 2.62 bits per heavy atom. The van der Waals surface area contributed by atoms with Crippen LogP contribution in [-0.4, -0.2) is 77.7 Å². The summed E-state index contributed by atoms with van der Waals surface area (Å²) in [6, 6.07) is 11.5. The molecule has 2 fully saturated rings. The van der Waals surface area contributed by atoms with Crippen molar-refractivity contribution in [2.75, 3.05) is 44.6 Å². The summed E-state index contributed by atoms with van der Waals surface area (Å²) in [6.07, 6.45) is -3.13. The number of nitriles is 2. The molecule has 0 bridgehead atoms. The normalized spacial score (nSPS) is 21.8. The van der Waals surface area contributed by atoms with Crippen LogP contribution >= 0.6 is 11.8 Å². The maximum Gasteiger partial charge on any atom is 0.391 e. The summed E-state index contributed by atoms with van der Waals surface area (Å²) in [5, 5.41) is 22.8. The van der Waals surface area contributed by atoms with Crippen LogP contribution in [0.15, 0.2) is 24.3 Å². The first-order valence-corrected chi connectivity index (χ1v) is 13.2. The van der Waals surface area contributed by atoms with E-state index in [1.807, 2.05) is 30.3 Å². The molecule has 1 aromatic carbocycles. The second-order valence-corrected chi connectivity index (χ2v) is 10.4. The minimum absolute atomic E-state index is 0.139. The molecule has 2 N–H and O–H groups in total. The predicted molar refractivity (Wildman–Crippen MR) is 134 cm³/mol. The molecule has 8 nitrogen and oxygen atoms in total. The van der Waals surface area contributed by atoms with Crippen molar-refractivity contribution in [3.63, 3.8) is 0 Å². The molecule has 200 valence electrons. The van der Waals surface area contributed by atoms with Crippen LogP contribution in [0.5, 0.6) is 0 Å². The van der Waals surface area contributed by atoms with Gasteiger partial charge in [0.15, 0.2) is 5.92 Å². The van der Waals surface area contributed by atoms with Crippen LogP contribution in [0.25, 0.3) is 0 Å². The zero-order valence-corrected chi connectivity index (χ0v) is 21.4. The number of amides is 2. The second kappa shape index (κ2) is 13.0. The number of rotatable bonds is 10. The number of carbonyl (C=O) groups is 2. The molecule has 12 heteroatoms. The van der Waals surface area contributed by atoms with Crippen LogP contribution in [0.3, 0.4) is 0 Å². The molecule has 0 aromatic heterocycles. The van der Waals surface area contributed by atoms with Gasteiger partial charge in [0.25, 0.3) is 0 Å². The molecule has 37 heavy (non-hydrogen) atoms. The van der Waals surface area contributed by atoms with E-state index >= 15 is 0 Å². The topological polar surface area (TPSA) is 112 Å². The molecule has 0 radical (unpaired) electrons. The first-order chi connectivity index (χ1) is 17.7. The van der Waals surface area contributed by atoms with Crippen molar-refractivity contribution in [1.29, 1.82) is 10.5 Å². The summed E-state index contributed by atoms with van der Waals surface area (Å²) >= 11 is 1.26. The number of carbonyl (C=O) groups excluding carboxylic acids is 2. The third-order valence-electron chi connectivity index (χ3n) is 6.74. The average molecular weight is 537 g/mol. The fraction of sp³-hybridized carbons (Fsp3) is 0.600. The van der Waals surface area contributed by atoms with Gasteiger partial charge in [0.05, 0.1) is 18.1 Å². The van der Waals surface area contributed by atoms with Gasteiger partial charge in [0.1, 0.15) is 17.2 Å². The Morgan fingerprint density at radius 2 is 2.00 bits per heavy atom. The van der Waals surface area contributed by atoms with Crippen LogP contribution in [0, 0.1) is 34.5 Å². The van der Waals surface area contributed by atoms with Crippen molar-refractivity contribution in [3.8, 4) is 12.1 Å². The van der Waals surface area contributed by atoms with E-state index in [1.54, 1.807) is 13.0 Å². The fourth-order valence-electron chi connectivity index (χ4n) is 4.65. The maximum atomic E-state index is 13.0. The highest BCUT2D eigenvalue weighted by Crippen LogP contribution is 2.36. The number of thioether (sulfide) groups is 1. The molecule has 2 unspecified atom stereocenters. The molecule has 2 amide bonds. The molecule has 0 saturated carbocycles. The van der Waals surface area contributed by atoms with Crippen LogP contribution < -0.4 is 10.6 Å². The van der Waals surface area contributed by atoms with Crippen molar-refractivity contribution >= 4 is 29.3 Å². The molecule has 0 aliphatic carbocycles. The summed E-state index contributed by atoms with van der Waals surface area (Å²) < 4.78 is 38.6. The fourth-order valence-corrected chi connectivity index (χ4v) is 6.16. The SMILES string of the molecule is CCN1C(=O)[C@@H](CNc2cccc(CCN3CCC(C(F)(F)F)CC3)c2)SC1C(C#N)C(=O)NCC#N. The van der Waals surface area contributed by atoms with Crippen LogP contribution in [-0.2, 0) is 16.0 Å². The number of hydrogen-bond donors (Lipinski definition) is 2. The number of nitrogens with zero attached hydrogens (tertiary/aromatic N) is 4. The number of alkyl halides is 3. The van der Waals surface area contributed by atoms with Crippen molar-refractivity contribution in [2.45, 2.75) is 43.0 Å². The highest BCUT2D eigenvalue weighted by Gasteiger charge is 2.45. The van der Waals surface area contributed by atoms with E-state index in [9.17, 15) is 28.0 Å². The lowest BCUT2D eigenvalue weighted by Crippen LogP contribution is -2.44. The molecular formula is C25H31F3N6O2S. The van der Waals surface area contributed by atoms with Gasteiger partial charge in [-0.2, -0.15) is 23.7 Å². The molecule has 3 rings (SSSR count). The van der Waals surface area contributed by atoms with E-state index in [4.69, 9.17) is 5.26 Å². The first-order valence-electron chi connectivity index (χ1n) is 12.3. The summed E-state index contributed by atoms with van der Waals surface area (Å²) in [5.41, 5.74) is 1.86. The molecule has 0 spiro atoms. The second-order valence-electron chi connectivity index (χ2n) is 9.11. The Bertz CT molecular complexity index is 1030. The molecular weight excluding hydrogens is 505 g/mol. The highest BCUT2D eigenvalue weighted by molar-refractivity contribution is 8.01. The standard InChI is InChI=1S/C25H31F3N6O2S/c1-2-34-23(36)21(37-24(34)20(15-30)22(35)31-10-9-29)16-32-19-5-3-4-17(14-19)6-11-33-12-7-18(8-13-33)25(26,27)28/h3-5,14,18,20-21,24,32H,2,6-8,10-13,16H2,1H3,(H,31,35)/t20?,21-,24?/m1/s1. The van der Waals surface area contributed by atoms with Gasteiger partial charge in [-0.05, 0) is 57.0 Å². The van der Waals surface area contributed by atoms with Crippen LogP contribution in [0.1, 0.15) is 25.3 Å². The molecule has 1 aromatic rings. The summed E-state index contributed by atoms with van der Waals surface area (Å²) in [6.45, 7) is 3.81. The van der Waals surface area contributed by atoms with Gasteiger partial charge in [-0.25, -0.2) is 0 Å². The van der Waals surface area contributed by atoms with Gasteiger partial charge in [0, 0.05) is 25.3 Å². The molecule has 2 aliphatic heterocycles. The smallest absolute Gasteiger partial charge is 0.383 e. The minimum atomic E-state index is -4.11. The minimum Gasteiger partial charge on any atom is -0.383 e. The van der Waals surface area contributed by atoms with Gasteiger partial charge < -0.3 is 20.4 Å². The molecule has 3 atom stereocenters. The Hall–Kier alpha value is -2.96. The van der Waals surface area contributed by atoms with Gasteiger partial charge in [0.2, 0.25) is 11.8 Å². The average Bonchev–Trinajstić information content (AvgIpc) is 3.20. The Labute approximate surface area is 219 Å². The third-order valence-corrected chi connectivity index (χ3v) is 8.25. The van der Waals surface area contributed by atoms with Gasteiger partial charge in [-0.1, -0.05) is 12.1 Å². The lowest BCUT2D eigenvalue weighted by Gasteiger charge is -2.32. The zero-order valence-electron chi connectivity index (χ0n) is 20.6. The zero-order chi connectivity index (χ0) is 27.0. The number of hydrogen-bond acceptors (Lipinski definition) is 7. The Morgan fingerprint density at radius 1 is 1.27 bits per heavy atom. The van der Waals surface area contributed by atoms with E-state index in [1.165, 1.54) is 16.7 Å². The molecule has 2 aliphatic rings. The van der Waals surface area contributed by atoms with Gasteiger partial charge in [-0.15, -0.1) is 11.8 Å². The Kier molecular flexibility index (Phi) is 10.1. The van der Waals surface area contributed by atoms with Crippen molar-refractivity contribution in [3.05, 3.63) is 29.8 Å². The quantitative estimate of drug-likeness (QED) is 0.442. The number of benzene rings is 1. The summed E-state index contributed by atoms with van der Waals surface area (Å²) in [4.78, 5) is 28.9. The number of anilines is 1. The lowest BCUT2D eigenvalue weighted by molar-refractivity contribution is -0.185. The summed E-state index contributed by atoms with van der Waals surface area (Å²) in [5.74, 6) is -3.02. The molecule has 2 saturated heterocycles. The number of nitrogens with one attached hydrogen (secondary N) is 2. The van der Waals surface area contributed by atoms with Gasteiger partial charge >= 0.3 is 6.18 Å². The van der Waals surface area contributed by atoms with E-state index in [0.717, 1.165) is 11.3 Å².